The minimum absolute atomic E-state index is 0.0827. The Kier molecular flexibility index (Phi) is 6.29. The maximum Gasteiger partial charge on any atom is 0.0547 e. The Balaban J connectivity index is 1.14. The van der Waals surface area contributed by atoms with E-state index in [-0.39, 0.29) is 5.41 Å². The molecule has 0 spiro atoms. The van der Waals surface area contributed by atoms with Crippen LogP contribution in [0.3, 0.4) is 0 Å². The van der Waals surface area contributed by atoms with E-state index < -0.39 is 0 Å². The molecule has 0 saturated carbocycles. The summed E-state index contributed by atoms with van der Waals surface area (Å²) >= 11 is 0. The number of fused-ring (bicyclic) bond motifs is 7. The summed E-state index contributed by atoms with van der Waals surface area (Å²) in [6.07, 6.45) is 0. The van der Waals surface area contributed by atoms with Crippen molar-refractivity contribution in [2.24, 2.45) is 0 Å². The van der Waals surface area contributed by atoms with E-state index >= 15 is 0 Å². The molecule has 0 fully saturated rings. The van der Waals surface area contributed by atoms with E-state index in [0.29, 0.717) is 0 Å². The number of benzene rings is 8. The zero-order chi connectivity index (χ0) is 33.4. The van der Waals surface area contributed by atoms with Crippen LogP contribution in [0.4, 0.5) is 0 Å². The molecule has 1 heteroatoms. The third kappa shape index (κ3) is 4.40. The normalized spacial score (nSPS) is 13.2. The van der Waals surface area contributed by atoms with Gasteiger partial charge in [0.25, 0.3) is 0 Å². The van der Waals surface area contributed by atoms with Gasteiger partial charge in [-0.05, 0) is 127 Å². The molecule has 1 nitrogen and oxygen atoms in total. The van der Waals surface area contributed by atoms with E-state index in [1.807, 2.05) is 0 Å². The van der Waals surface area contributed by atoms with Crippen LogP contribution in [0.15, 0.2) is 176 Å². The predicted molar refractivity (Wildman–Crippen MR) is 212 cm³/mol. The average Bonchev–Trinajstić information content (AvgIpc) is 3.61. The highest BCUT2D eigenvalue weighted by Crippen LogP contribution is 2.52. The zero-order valence-corrected chi connectivity index (χ0v) is 28.2. The van der Waals surface area contributed by atoms with Crippen molar-refractivity contribution in [3.8, 4) is 50.2 Å². The largest absolute Gasteiger partial charge is 0.309 e. The highest BCUT2D eigenvalue weighted by atomic mass is 15.0. The van der Waals surface area contributed by atoms with E-state index in [9.17, 15) is 0 Å². The number of hydrogen-bond donors (Lipinski definition) is 0. The third-order valence-electron chi connectivity index (χ3n) is 10.9. The molecule has 0 radical (unpaired) electrons. The van der Waals surface area contributed by atoms with Gasteiger partial charge in [-0.15, -0.1) is 0 Å². The SMILES string of the molecule is CC1(C)c2cc3ccccc3cc2-c2cc3c(cc21)c1ccccc1n3-c1ccc(-c2cc(-c3ccccc3)cc(-c3ccccc3)c2)cc1. The van der Waals surface area contributed by atoms with Gasteiger partial charge in [0.15, 0.2) is 0 Å². The molecule has 0 saturated heterocycles. The van der Waals surface area contributed by atoms with Crippen LogP contribution in [0.1, 0.15) is 25.0 Å². The van der Waals surface area contributed by atoms with Gasteiger partial charge in [-0.2, -0.15) is 0 Å². The molecule has 0 N–H and O–H groups in total. The van der Waals surface area contributed by atoms with Crippen LogP contribution in [0.5, 0.6) is 0 Å². The van der Waals surface area contributed by atoms with E-state index in [4.69, 9.17) is 0 Å². The molecule has 0 unspecified atom stereocenters. The van der Waals surface area contributed by atoms with Crippen LogP contribution in [0.25, 0.3) is 82.8 Å². The summed E-state index contributed by atoms with van der Waals surface area (Å²) in [6, 6.07) is 64.8. The van der Waals surface area contributed by atoms with Gasteiger partial charge in [0.2, 0.25) is 0 Å². The summed E-state index contributed by atoms with van der Waals surface area (Å²) in [5.74, 6) is 0. The molecule has 0 aliphatic heterocycles. The van der Waals surface area contributed by atoms with Gasteiger partial charge in [-0.25, -0.2) is 0 Å². The van der Waals surface area contributed by atoms with Crippen molar-refractivity contribution in [2.45, 2.75) is 19.3 Å². The molecule has 8 aromatic carbocycles. The minimum atomic E-state index is -0.0827. The summed E-state index contributed by atoms with van der Waals surface area (Å²) in [5.41, 5.74) is 16.4. The summed E-state index contributed by atoms with van der Waals surface area (Å²) < 4.78 is 2.45. The maximum absolute atomic E-state index is 2.47. The fourth-order valence-electron chi connectivity index (χ4n) is 8.35. The lowest BCUT2D eigenvalue weighted by Gasteiger charge is -2.22. The van der Waals surface area contributed by atoms with E-state index in [2.05, 4.69) is 194 Å². The lowest BCUT2D eigenvalue weighted by molar-refractivity contribution is 0.662. The molecule has 9 aromatic rings. The third-order valence-corrected chi connectivity index (χ3v) is 10.9. The fraction of sp³-hybridized carbons (Fsp3) is 0.0612. The first-order chi connectivity index (χ1) is 24.5. The van der Waals surface area contributed by atoms with Crippen molar-refractivity contribution in [1.82, 2.24) is 4.57 Å². The molecule has 0 bridgehead atoms. The number of hydrogen-bond acceptors (Lipinski definition) is 0. The van der Waals surface area contributed by atoms with Gasteiger partial charge < -0.3 is 4.57 Å². The number of para-hydroxylation sites is 1. The second kappa shape index (κ2) is 10.9. The Bertz CT molecular complexity index is 2690. The fourth-order valence-corrected chi connectivity index (χ4v) is 8.35. The Morgan fingerprint density at radius 1 is 0.360 bits per heavy atom. The predicted octanol–water partition coefficient (Wildman–Crippen LogP) is 13.2. The smallest absolute Gasteiger partial charge is 0.0547 e. The molecule has 10 rings (SSSR count). The zero-order valence-electron chi connectivity index (χ0n) is 28.2. The molecule has 0 amide bonds. The van der Waals surface area contributed by atoms with Gasteiger partial charge in [-0.3, -0.25) is 0 Å². The van der Waals surface area contributed by atoms with E-state index in [0.717, 1.165) is 0 Å². The van der Waals surface area contributed by atoms with E-state index in [1.54, 1.807) is 0 Å². The van der Waals surface area contributed by atoms with Crippen LogP contribution >= 0.6 is 0 Å². The highest BCUT2D eigenvalue weighted by Gasteiger charge is 2.36. The van der Waals surface area contributed by atoms with Gasteiger partial charge in [-0.1, -0.05) is 129 Å². The first-order valence-electron chi connectivity index (χ1n) is 17.5. The van der Waals surface area contributed by atoms with Crippen LogP contribution in [-0.2, 0) is 5.41 Å². The maximum atomic E-state index is 2.47. The van der Waals surface area contributed by atoms with Crippen LogP contribution in [0.2, 0.25) is 0 Å². The minimum Gasteiger partial charge on any atom is -0.309 e. The van der Waals surface area contributed by atoms with Crippen molar-refractivity contribution in [1.29, 1.82) is 0 Å². The van der Waals surface area contributed by atoms with Crippen molar-refractivity contribution < 1.29 is 0 Å². The summed E-state index contributed by atoms with van der Waals surface area (Å²) in [5, 5.41) is 5.18. The second-order valence-electron chi connectivity index (χ2n) is 14.2. The van der Waals surface area contributed by atoms with Gasteiger partial charge in [0.1, 0.15) is 0 Å². The standard InChI is InChI=1S/C49H35N/c1-49(2)45-29-36-18-10-9-17-35(36)28-42(45)43-31-48-44(30-46(43)49)41-19-11-12-20-47(41)50(48)40-23-21-34(22-24-40)39-26-37(32-13-5-3-6-14-32)25-38(27-39)33-15-7-4-8-16-33/h3-31H,1-2H3. The average molecular weight is 638 g/mol. The van der Waals surface area contributed by atoms with Crippen molar-refractivity contribution in [3.05, 3.63) is 187 Å². The lowest BCUT2D eigenvalue weighted by atomic mass is 9.81. The molecule has 1 heterocycles. The van der Waals surface area contributed by atoms with Crippen LogP contribution < -0.4 is 0 Å². The number of rotatable bonds is 4. The molecule has 236 valence electrons. The second-order valence-corrected chi connectivity index (χ2v) is 14.2. The number of aromatic nitrogens is 1. The summed E-state index contributed by atoms with van der Waals surface area (Å²) in [4.78, 5) is 0. The quantitative estimate of drug-likeness (QED) is 0.181. The molecule has 1 aromatic heterocycles. The molecule has 1 aliphatic rings. The molecule has 1 aliphatic carbocycles. The Morgan fingerprint density at radius 2 is 0.860 bits per heavy atom. The summed E-state index contributed by atoms with van der Waals surface area (Å²) in [7, 11) is 0. The number of nitrogens with zero attached hydrogens (tertiary/aromatic N) is 1. The highest BCUT2D eigenvalue weighted by molar-refractivity contribution is 6.12. The Hall–Kier alpha value is -6.18. The first-order valence-corrected chi connectivity index (χ1v) is 17.5. The molecule has 50 heavy (non-hydrogen) atoms. The Morgan fingerprint density at radius 3 is 1.50 bits per heavy atom. The van der Waals surface area contributed by atoms with Gasteiger partial charge in [0.05, 0.1) is 11.0 Å². The first kappa shape index (κ1) is 28.8. The van der Waals surface area contributed by atoms with Crippen LogP contribution in [0, 0.1) is 0 Å². The monoisotopic (exact) mass is 637 g/mol. The lowest BCUT2D eigenvalue weighted by Crippen LogP contribution is -2.14. The molecule has 0 atom stereocenters. The van der Waals surface area contributed by atoms with Crippen LogP contribution in [-0.4, -0.2) is 4.57 Å². The van der Waals surface area contributed by atoms with Crippen molar-refractivity contribution in [3.63, 3.8) is 0 Å². The van der Waals surface area contributed by atoms with Gasteiger partial charge >= 0.3 is 0 Å². The topological polar surface area (TPSA) is 4.93 Å². The molecular weight excluding hydrogens is 603 g/mol. The molecular formula is C49H35N. The van der Waals surface area contributed by atoms with E-state index in [1.165, 1.54) is 93.9 Å². The van der Waals surface area contributed by atoms with Crippen molar-refractivity contribution >= 4 is 32.6 Å². The van der Waals surface area contributed by atoms with Gasteiger partial charge in [0, 0.05) is 21.9 Å². The summed E-state index contributed by atoms with van der Waals surface area (Å²) in [6.45, 7) is 4.76. The van der Waals surface area contributed by atoms with Crippen molar-refractivity contribution in [2.75, 3.05) is 0 Å². The Labute approximate surface area is 292 Å².